The molecule has 4 heteroatoms. The van der Waals surface area contributed by atoms with E-state index in [9.17, 15) is 4.39 Å². The molecule has 2 rings (SSSR count). The second-order valence-electron chi connectivity index (χ2n) is 5.04. The highest BCUT2D eigenvalue weighted by Crippen LogP contribution is 2.25. The second kappa shape index (κ2) is 6.59. The number of benzene rings is 2. The molecule has 0 spiro atoms. The van der Waals surface area contributed by atoms with Gasteiger partial charge < -0.3 is 15.2 Å². The van der Waals surface area contributed by atoms with Crippen LogP contribution in [0.1, 0.15) is 29.7 Å². The largest absolute Gasteiger partial charge is 0.494 e. The highest BCUT2D eigenvalue weighted by Gasteiger charge is 2.10. The summed E-state index contributed by atoms with van der Waals surface area (Å²) in [4.78, 5) is 0. The van der Waals surface area contributed by atoms with Crippen LogP contribution in [0.5, 0.6) is 11.5 Å². The van der Waals surface area contributed by atoms with Gasteiger partial charge in [0.05, 0.1) is 7.11 Å². The summed E-state index contributed by atoms with van der Waals surface area (Å²) in [5.74, 6) is 0.562. The highest BCUT2D eigenvalue weighted by atomic mass is 19.1. The first kappa shape index (κ1) is 15.3. The number of nitrogens with two attached hydrogens (primary N) is 1. The van der Waals surface area contributed by atoms with Gasteiger partial charge in [0.25, 0.3) is 0 Å². The molecule has 0 aliphatic rings. The molecular formula is C17H20FNO2. The zero-order valence-electron chi connectivity index (χ0n) is 12.5. The van der Waals surface area contributed by atoms with Crippen molar-refractivity contribution in [1.82, 2.24) is 0 Å². The molecule has 3 nitrogen and oxygen atoms in total. The van der Waals surface area contributed by atoms with E-state index in [-0.39, 0.29) is 24.2 Å². The van der Waals surface area contributed by atoms with Crippen LogP contribution in [0, 0.1) is 12.7 Å². The minimum atomic E-state index is -0.384. The summed E-state index contributed by atoms with van der Waals surface area (Å²) in [6.07, 6.45) is 0. The van der Waals surface area contributed by atoms with Crippen LogP contribution in [0.2, 0.25) is 0 Å². The van der Waals surface area contributed by atoms with Crippen molar-refractivity contribution in [3.8, 4) is 11.5 Å². The summed E-state index contributed by atoms with van der Waals surface area (Å²) in [7, 11) is 1.44. The Labute approximate surface area is 124 Å². The van der Waals surface area contributed by atoms with E-state index in [1.807, 2.05) is 32.0 Å². The van der Waals surface area contributed by atoms with Gasteiger partial charge in [-0.05, 0) is 37.1 Å². The molecule has 1 atom stereocenters. The zero-order chi connectivity index (χ0) is 15.4. The van der Waals surface area contributed by atoms with Gasteiger partial charge in [0.15, 0.2) is 11.6 Å². The summed E-state index contributed by atoms with van der Waals surface area (Å²) >= 11 is 0. The lowest BCUT2D eigenvalue weighted by atomic mass is 10.1. The van der Waals surface area contributed by atoms with Crippen molar-refractivity contribution < 1.29 is 13.9 Å². The molecule has 0 saturated carbocycles. The Morgan fingerprint density at radius 2 is 1.95 bits per heavy atom. The predicted molar refractivity (Wildman–Crippen MR) is 81.1 cm³/mol. The number of halogens is 1. The molecule has 0 unspecified atom stereocenters. The van der Waals surface area contributed by atoms with E-state index in [4.69, 9.17) is 15.2 Å². The van der Waals surface area contributed by atoms with Crippen LogP contribution in [-0.2, 0) is 6.61 Å². The Morgan fingerprint density at radius 3 is 2.57 bits per heavy atom. The van der Waals surface area contributed by atoms with Crippen LogP contribution in [0.15, 0.2) is 36.4 Å². The van der Waals surface area contributed by atoms with Gasteiger partial charge in [-0.2, -0.15) is 0 Å². The van der Waals surface area contributed by atoms with Crippen LogP contribution in [0.3, 0.4) is 0 Å². The average Bonchev–Trinajstić information content (AvgIpc) is 2.47. The normalized spacial score (nSPS) is 12.0. The third-order valence-corrected chi connectivity index (χ3v) is 3.37. The Balaban J connectivity index is 2.13. The summed E-state index contributed by atoms with van der Waals surface area (Å²) in [6.45, 7) is 4.03. The molecule has 0 heterocycles. The van der Waals surface area contributed by atoms with E-state index < -0.39 is 0 Å². The van der Waals surface area contributed by atoms with Crippen LogP contribution in [0.4, 0.5) is 4.39 Å². The number of methoxy groups -OCH3 is 1. The lowest BCUT2D eigenvalue weighted by Crippen LogP contribution is -2.06. The predicted octanol–water partition coefficient (Wildman–Crippen LogP) is 3.74. The zero-order valence-corrected chi connectivity index (χ0v) is 12.5. The maximum atomic E-state index is 14.0. The quantitative estimate of drug-likeness (QED) is 0.912. The van der Waals surface area contributed by atoms with Gasteiger partial charge in [0.1, 0.15) is 12.4 Å². The topological polar surface area (TPSA) is 44.5 Å². The molecule has 21 heavy (non-hydrogen) atoms. The third kappa shape index (κ3) is 3.52. The van der Waals surface area contributed by atoms with Crippen LogP contribution in [0.25, 0.3) is 0 Å². The molecule has 0 aliphatic carbocycles. The summed E-state index contributed by atoms with van der Waals surface area (Å²) in [6, 6.07) is 10.8. The van der Waals surface area contributed by atoms with E-state index in [2.05, 4.69) is 0 Å². The first-order valence-electron chi connectivity index (χ1n) is 6.83. The van der Waals surface area contributed by atoms with E-state index in [0.29, 0.717) is 5.56 Å². The number of rotatable bonds is 5. The number of ether oxygens (including phenoxy) is 2. The molecule has 0 radical (unpaired) electrons. The van der Waals surface area contributed by atoms with Crippen molar-refractivity contribution in [1.29, 1.82) is 0 Å². The Bertz CT molecular complexity index is 626. The van der Waals surface area contributed by atoms with Crippen LogP contribution >= 0.6 is 0 Å². The van der Waals surface area contributed by atoms with Crippen LogP contribution < -0.4 is 15.2 Å². The fourth-order valence-corrected chi connectivity index (χ4v) is 2.10. The summed E-state index contributed by atoms with van der Waals surface area (Å²) in [5.41, 5.74) is 8.34. The van der Waals surface area contributed by atoms with Crippen molar-refractivity contribution in [2.24, 2.45) is 5.73 Å². The molecule has 0 saturated heterocycles. The van der Waals surface area contributed by atoms with E-state index in [0.717, 1.165) is 16.9 Å². The van der Waals surface area contributed by atoms with E-state index in [1.165, 1.54) is 7.11 Å². The number of hydrogen-bond acceptors (Lipinski definition) is 3. The maximum Gasteiger partial charge on any atom is 0.171 e. The minimum absolute atomic E-state index is 0.0198. The third-order valence-electron chi connectivity index (χ3n) is 3.37. The molecule has 0 bridgehead atoms. The van der Waals surface area contributed by atoms with Crippen molar-refractivity contribution in [3.05, 3.63) is 58.9 Å². The molecule has 0 amide bonds. The van der Waals surface area contributed by atoms with Gasteiger partial charge in [0.2, 0.25) is 0 Å². The van der Waals surface area contributed by atoms with Gasteiger partial charge >= 0.3 is 0 Å². The van der Waals surface area contributed by atoms with Gasteiger partial charge in [-0.15, -0.1) is 0 Å². The molecule has 0 fully saturated rings. The monoisotopic (exact) mass is 289 g/mol. The SMILES string of the molecule is COc1cccc(COc2ccc([C@@H](C)N)cc2C)c1F. The summed E-state index contributed by atoms with van der Waals surface area (Å²) in [5, 5.41) is 0. The molecule has 2 aromatic rings. The molecule has 0 aromatic heterocycles. The molecule has 112 valence electrons. The van der Waals surface area contributed by atoms with Gasteiger partial charge in [0, 0.05) is 11.6 Å². The Morgan fingerprint density at radius 1 is 1.19 bits per heavy atom. The van der Waals surface area contributed by atoms with E-state index >= 15 is 0 Å². The van der Waals surface area contributed by atoms with Crippen LogP contribution in [-0.4, -0.2) is 7.11 Å². The lowest BCUT2D eigenvalue weighted by Gasteiger charge is -2.13. The lowest BCUT2D eigenvalue weighted by molar-refractivity contribution is 0.293. The van der Waals surface area contributed by atoms with Crippen molar-refractivity contribution in [3.63, 3.8) is 0 Å². The van der Waals surface area contributed by atoms with E-state index in [1.54, 1.807) is 18.2 Å². The Hall–Kier alpha value is -2.07. The van der Waals surface area contributed by atoms with Gasteiger partial charge in [-0.1, -0.05) is 24.3 Å². The first-order valence-corrected chi connectivity index (χ1v) is 6.83. The average molecular weight is 289 g/mol. The second-order valence-corrected chi connectivity index (χ2v) is 5.04. The van der Waals surface area contributed by atoms with Crippen molar-refractivity contribution in [2.75, 3.05) is 7.11 Å². The minimum Gasteiger partial charge on any atom is -0.494 e. The van der Waals surface area contributed by atoms with Gasteiger partial charge in [-0.3, -0.25) is 0 Å². The summed E-state index contributed by atoms with van der Waals surface area (Å²) < 4.78 is 24.7. The number of hydrogen-bond donors (Lipinski definition) is 1. The Kier molecular flexibility index (Phi) is 4.81. The maximum absolute atomic E-state index is 14.0. The molecular weight excluding hydrogens is 269 g/mol. The fourth-order valence-electron chi connectivity index (χ4n) is 2.10. The standard InChI is InChI=1S/C17H20FNO2/c1-11-9-13(12(2)19)7-8-15(11)21-10-14-5-4-6-16(20-3)17(14)18/h4-9,12H,10,19H2,1-3H3/t12-/m1/s1. The molecule has 0 aliphatic heterocycles. The number of aryl methyl sites for hydroxylation is 1. The van der Waals surface area contributed by atoms with Crippen molar-refractivity contribution in [2.45, 2.75) is 26.5 Å². The molecule has 2 N–H and O–H groups in total. The van der Waals surface area contributed by atoms with Gasteiger partial charge in [-0.25, -0.2) is 4.39 Å². The fraction of sp³-hybridized carbons (Fsp3) is 0.294. The highest BCUT2D eigenvalue weighted by molar-refractivity contribution is 5.38. The first-order chi connectivity index (χ1) is 10.0. The smallest absolute Gasteiger partial charge is 0.171 e. The van der Waals surface area contributed by atoms with Crippen molar-refractivity contribution >= 4 is 0 Å². The molecule has 2 aromatic carbocycles.